The number of likely N-dealkylation sites (N-methyl/N-ethyl adjacent to an activating group) is 1. The van der Waals surface area contributed by atoms with Gasteiger partial charge in [-0.15, -0.1) is 0 Å². The van der Waals surface area contributed by atoms with Gasteiger partial charge in [-0.2, -0.15) is 0 Å². The van der Waals surface area contributed by atoms with Gasteiger partial charge in [-0.1, -0.05) is 41.9 Å². The van der Waals surface area contributed by atoms with E-state index >= 15 is 0 Å². The number of benzodiazepines with no additional fused rings is 1. The van der Waals surface area contributed by atoms with E-state index in [9.17, 15) is 4.79 Å². The van der Waals surface area contributed by atoms with Crippen molar-refractivity contribution < 1.29 is 4.79 Å². The Kier molecular flexibility index (Phi) is 5.80. The van der Waals surface area contributed by atoms with Crippen molar-refractivity contribution in [3.8, 4) is 0 Å². The number of rotatable bonds is 2. The Morgan fingerprint density at radius 2 is 1.93 bits per heavy atom. The number of hydrogen-bond donors (Lipinski definition) is 2. The van der Waals surface area contributed by atoms with Gasteiger partial charge in [-0.3, -0.25) is 4.79 Å². The summed E-state index contributed by atoms with van der Waals surface area (Å²) < 4.78 is 0. The highest BCUT2D eigenvalue weighted by Gasteiger charge is 2.31. The van der Waals surface area contributed by atoms with Gasteiger partial charge in [-0.25, -0.2) is 4.99 Å². The van der Waals surface area contributed by atoms with Gasteiger partial charge in [-0.05, 0) is 30.4 Å². The lowest BCUT2D eigenvalue weighted by molar-refractivity contribution is -0.119. The summed E-state index contributed by atoms with van der Waals surface area (Å²) in [5, 5.41) is 7.61. The number of halogens is 1. The predicted molar refractivity (Wildman–Crippen MR) is 121 cm³/mol. The summed E-state index contributed by atoms with van der Waals surface area (Å²) in [6, 6.07) is 15.3. The lowest BCUT2D eigenvalue weighted by atomic mass is 10.0. The summed E-state index contributed by atoms with van der Waals surface area (Å²) in [6.45, 7) is 3.33. The molecule has 0 saturated carbocycles. The number of carbonyl (C=O) groups excluding carboxylic acids is 1. The van der Waals surface area contributed by atoms with Crippen molar-refractivity contribution in [2.45, 2.75) is 6.17 Å². The van der Waals surface area contributed by atoms with Gasteiger partial charge in [0.1, 0.15) is 0 Å². The van der Waals surface area contributed by atoms with Crippen LogP contribution in [-0.4, -0.2) is 61.0 Å². The lowest BCUT2D eigenvalue weighted by Gasteiger charge is -2.31. The fraction of sp³-hybridized carbons (Fsp3) is 0.286. The molecule has 0 bridgehead atoms. The number of nitrogens with one attached hydrogen (secondary N) is 2. The molecule has 1 saturated heterocycles. The first-order valence-electron chi connectivity index (χ1n) is 9.51. The van der Waals surface area contributed by atoms with Gasteiger partial charge in [0.05, 0.1) is 11.4 Å². The molecular weight excluding hydrogens is 406 g/mol. The number of piperazine rings is 1. The predicted octanol–water partition coefficient (Wildman–Crippen LogP) is 2.26. The Balaban J connectivity index is 1.75. The molecule has 0 aliphatic carbocycles. The Labute approximate surface area is 180 Å². The van der Waals surface area contributed by atoms with Crippen LogP contribution >= 0.6 is 23.8 Å². The molecule has 2 aliphatic rings. The maximum absolute atomic E-state index is 13.2. The summed E-state index contributed by atoms with van der Waals surface area (Å²) in [4.78, 5) is 21.7. The molecule has 2 aliphatic heterocycles. The summed E-state index contributed by atoms with van der Waals surface area (Å²) in [6.07, 6.45) is -0.816. The van der Waals surface area contributed by atoms with E-state index < -0.39 is 6.17 Å². The first-order chi connectivity index (χ1) is 14.0. The van der Waals surface area contributed by atoms with Crippen LogP contribution in [-0.2, 0) is 4.79 Å². The molecule has 0 radical (unpaired) electrons. The average Bonchev–Trinajstić information content (AvgIpc) is 2.85. The molecule has 1 amide bonds. The largest absolute Gasteiger partial charge is 0.347 e. The maximum Gasteiger partial charge on any atom is 0.272 e. The second kappa shape index (κ2) is 8.49. The number of anilines is 1. The van der Waals surface area contributed by atoms with Crippen LogP contribution in [0.25, 0.3) is 0 Å². The molecule has 2 N–H and O–H groups in total. The summed E-state index contributed by atoms with van der Waals surface area (Å²) >= 11 is 11.9. The second-order valence-corrected chi connectivity index (χ2v) is 7.81. The molecule has 0 aromatic heterocycles. The van der Waals surface area contributed by atoms with Crippen molar-refractivity contribution in [2.24, 2.45) is 4.99 Å². The zero-order chi connectivity index (χ0) is 20.4. The van der Waals surface area contributed by atoms with Crippen LogP contribution in [0.1, 0.15) is 11.1 Å². The Bertz CT molecular complexity index is 959. The minimum Gasteiger partial charge on any atom is -0.347 e. The molecule has 29 heavy (non-hydrogen) atoms. The van der Waals surface area contributed by atoms with E-state index in [1.807, 2.05) is 42.5 Å². The van der Waals surface area contributed by atoms with E-state index in [1.54, 1.807) is 18.0 Å². The molecule has 150 valence electrons. The third-order valence-corrected chi connectivity index (χ3v) is 5.72. The van der Waals surface area contributed by atoms with Gasteiger partial charge < -0.3 is 20.4 Å². The molecule has 8 heteroatoms. The van der Waals surface area contributed by atoms with Crippen molar-refractivity contribution in [1.29, 1.82) is 0 Å². The molecule has 2 aromatic rings. The smallest absolute Gasteiger partial charge is 0.272 e. The number of nitrogens with zero attached hydrogens (tertiary/aromatic N) is 3. The number of benzene rings is 2. The van der Waals surface area contributed by atoms with Gasteiger partial charge in [0.15, 0.2) is 5.11 Å². The van der Waals surface area contributed by atoms with Crippen LogP contribution in [0, 0.1) is 0 Å². The monoisotopic (exact) mass is 427 g/mol. The van der Waals surface area contributed by atoms with E-state index in [-0.39, 0.29) is 5.91 Å². The minimum absolute atomic E-state index is 0.169. The van der Waals surface area contributed by atoms with Gasteiger partial charge in [0, 0.05) is 49.4 Å². The highest BCUT2D eigenvalue weighted by Crippen LogP contribution is 2.29. The number of amides is 1. The van der Waals surface area contributed by atoms with Crippen molar-refractivity contribution in [1.82, 2.24) is 15.5 Å². The summed E-state index contributed by atoms with van der Waals surface area (Å²) in [5.41, 5.74) is 3.21. The normalized spacial score (nSPS) is 19.3. The number of carbonyl (C=O) groups is 1. The number of fused-ring (bicyclic) bond motifs is 1. The third kappa shape index (κ3) is 4.12. The molecule has 2 heterocycles. The molecule has 6 nitrogen and oxygen atoms in total. The van der Waals surface area contributed by atoms with Gasteiger partial charge in [0.2, 0.25) is 6.17 Å². The van der Waals surface area contributed by atoms with Gasteiger partial charge in [0.25, 0.3) is 5.91 Å². The first kappa shape index (κ1) is 19.8. The highest BCUT2D eigenvalue weighted by atomic mass is 35.5. The van der Waals surface area contributed by atoms with Crippen LogP contribution in [0.4, 0.5) is 5.69 Å². The maximum atomic E-state index is 13.2. The zero-order valence-corrected chi connectivity index (χ0v) is 17.6. The van der Waals surface area contributed by atoms with Crippen LogP contribution < -0.4 is 15.5 Å². The SMILES string of the molecule is CN1C(=O)C(NC(=S)N2CCNCC2)N=C(c2ccccc2)c2cc(Cl)ccc21. The molecule has 1 fully saturated rings. The van der Waals surface area contributed by atoms with E-state index in [0.717, 1.165) is 43.0 Å². The van der Waals surface area contributed by atoms with Crippen LogP contribution in [0.3, 0.4) is 0 Å². The molecule has 1 atom stereocenters. The quantitative estimate of drug-likeness (QED) is 0.720. The molecule has 4 rings (SSSR count). The van der Waals surface area contributed by atoms with Crippen LogP contribution in [0.15, 0.2) is 53.5 Å². The minimum atomic E-state index is -0.816. The van der Waals surface area contributed by atoms with E-state index in [4.69, 9.17) is 28.8 Å². The van der Waals surface area contributed by atoms with E-state index in [2.05, 4.69) is 15.5 Å². The van der Waals surface area contributed by atoms with Crippen LogP contribution in [0.2, 0.25) is 5.02 Å². The standard InChI is InChI=1S/C21H22ClN5OS/c1-26-17-8-7-15(22)13-16(17)18(14-5-3-2-4-6-14)24-19(20(26)28)25-21(29)27-11-9-23-10-12-27/h2-8,13,19,23H,9-12H2,1H3,(H,25,29). The van der Waals surface area contributed by atoms with Gasteiger partial charge >= 0.3 is 0 Å². The lowest BCUT2D eigenvalue weighted by Crippen LogP contribution is -2.54. The van der Waals surface area contributed by atoms with Crippen molar-refractivity contribution in [3.63, 3.8) is 0 Å². The van der Waals surface area contributed by atoms with E-state index in [0.29, 0.717) is 15.8 Å². The van der Waals surface area contributed by atoms with Crippen molar-refractivity contribution >= 4 is 46.2 Å². The molecule has 1 unspecified atom stereocenters. The molecular formula is C21H22ClN5OS. The first-order valence-corrected chi connectivity index (χ1v) is 10.3. The Morgan fingerprint density at radius 1 is 1.21 bits per heavy atom. The summed E-state index contributed by atoms with van der Waals surface area (Å²) in [5.74, 6) is -0.169. The molecule has 2 aromatic carbocycles. The Hall–Kier alpha value is -2.48. The zero-order valence-electron chi connectivity index (χ0n) is 16.1. The topological polar surface area (TPSA) is 60.0 Å². The average molecular weight is 428 g/mol. The highest BCUT2D eigenvalue weighted by molar-refractivity contribution is 7.80. The summed E-state index contributed by atoms with van der Waals surface area (Å²) in [7, 11) is 1.75. The Morgan fingerprint density at radius 3 is 2.66 bits per heavy atom. The van der Waals surface area contributed by atoms with Crippen molar-refractivity contribution in [2.75, 3.05) is 38.1 Å². The second-order valence-electron chi connectivity index (χ2n) is 6.99. The van der Waals surface area contributed by atoms with Crippen molar-refractivity contribution in [3.05, 3.63) is 64.7 Å². The fourth-order valence-corrected chi connectivity index (χ4v) is 4.01. The van der Waals surface area contributed by atoms with Crippen LogP contribution in [0.5, 0.6) is 0 Å². The number of thiocarbonyl (C=S) groups is 1. The fourth-order valence-electron chi connectivity index (χ4n) is 3.54. The third-order valence-electron chi connectivity index (χ3n) is 5.11. The number of aliphatic imine (C=N–C) groups is 1. The number of hydrogen-bond acceptors (Lipinski definition) is 4. The molecule has 0 spiro atoms. The van der Waals surface area contributed by atoms with E-state index in [1.165, 1.54) is 0 Å².